The summed E-state index contributed by atoms with van der Waals surface area (Å²) < 4.78 is 123. The predicted octanol–water partition coefficient (Wildman–Crippen LogP) is 7.62. The Hall–Kier alpha value is -4.42. The Bertz CT molecular complexity index is 1650. The quantitative estimate of drug-likeness (QED) is 0.216. The highest BCUT2D eigenvalue weighted by Crippen LogP contribution is 2.41. The summed E-state index contributed by atoms with van der Waals surface area (Å²) in [5, 5.41) is 4.07. The Morgan fingerprint density at radius 1 is 0.718 bits per heavy atom. The van der Waals surface area contributed by atoms with Gasteiger partial charge in [-0.15, -0.1) is 0 Å². The fraction of sp³-hybridized carbons (Fsp3) is 0.115. The van der Waals surface area contributed by atoms with Crippen LogP contribution in [0.2, 0.25) is 0 Å². The third kappa shape index (κ3) is 5.16. The Morgan fingerprint density at radius 3 is 2.15 bits per heavy atom. The number of hydrogen-bond acceptors (Lipinski definition) is 3. The second kappa shape index (κ2) is 9.40. The van der Waals surface area contributed by atoms with Crippen LogP contribution in [0.1, 0.15) is 16.7 Å². The summed E-state index contributed by atoms with van der Waals surface area (Å²) in [6, 6.07) is 7.80. The van der Waals surface area contributed by atoms with Crippen LogP contribution >= 0.6 is 0 Å². The number of alkyl halides is 6. The van der Waals surface area contributed by atoms with E-state index in [1.807, 2.05) is 0 Å². The van der Waals surface area contributed by atoms with Gasteiger partial charge in [0.25, 0.3) is 0 Å². The van der Waals surface area contributed by atoms with E-state index in [0.29, 0.717) is 12.1 Å². The summed E-state index contributed by atoms with van der Waals surface area (Å²) >= 11 is 0. The molecule has 0 aromatic heterocycles. The second-order valence-corrected chi connectivity index (χ2v) is 8.45. The van der Waals surface area contributed by atoms with E-state index in [4.69, 9.17) is 0 Å². The number of aromatic nitrogens is 4. The van der Waals surface area contributed by atoms with Crippen molar-refractivity contribution in [3.05, 3.63) is 101 Å². The molecule has 0 atom stereocenters. The van der Waals surface area contributed by atoms with E-state index in [1.54, 1.807) is 0 Å². The lowest BCUT2D eigenvalue weighted by atomic mass is 9.96. The molecule has 5 rings (SSSR count). The van der Waals surface area contributed by atoms with Crippen molar-refractivity contribution in [1.82, 2.24) is 19.7 Å². The van der Waals surface area contributed by atoms with Crippen molar-refractivity contribution in [3.63, 3.8) is 0 Å². The van der Waals surface area contributed by atoms with Crippen molar-refractivity contribution in [2.24, 2.45) is 0 Å². The fourth-order valence-electron chi connectivity index (χ4n) is 3.97. The average molecular weight is 552 g/mol. The van der Waals surface area contributed by atoms with Gasteiger partial charge in [0.1, 0.15) is 17.2 Å². The first-order valence-electron chi connectivity index (χ1n) is 11.0. The summed E-state index contributed by atoms with van der Waals surface area (Å²) in [5.74, 6) is -3.22. The van der Waals surface area contributed by atoms with E-state index < -0.39 is 46.5 Å². The number of halogens is 9. The minimum absolute atomic E-state index is 0.00647. The Labute approximate surface area is 213 Å². The van der Waals surface area contributed by atoms with Crippen LogP contribution < -0.4 is 0 Å². The highest BCUT2D eigenvalue weighted by Gasteiger charge is 2.38. The largest absolute Gasteiger partial charge is 0.417 e. The van der Waals surface area contributed by atoms with Crippen LogP contribution in [0.25, 0.3) is 33.9 Å². The van der Waals surface area contributed by atoms with Crippen molar-refractivity contribution in [1.29, 1.82) is 0 Å². The van der Waals surface area contributed by atoms with Crippen LogP contribution in [0, 0.1) is 17.5 Å². The van der Waals surface area contributed by atoms with E-state index >= 15 is 0 Å². The van der Waals surface area contributed by atoms with Gasteiger partial charge in [-0.05, 0) is 41.5 Å². The van der Waals surface area contributed by atoms with Crippen molar-refractivity contribution >= 4 is 0 Å². The van der Waals surface area contributed by atoms with Crippen molar-refractivity contribution in [2.45, 2.75) is 18.9 Å². The molecule has 200 valence electrons. The van der Waals surface area contributed by atoms with Gasteiger partial charge >= 0.3 is 12.4 Å². The molecule has 13 heteroatoms. The zero-order valence-corrected chi connectivity index (χ0v) is 19.2. The highest BCUT2D eigenvalue weighted by molar-refractivity contribution is 5.69. The van der Waals surface area contributed by atoms with Gasteiger partial charge in [0, 0.05) is 5.56 Å². The first kappa shape index (κ1) is 26.2. The fourth-order valence-corrected chi connectivity index (χ4v) is 3.97. The van der Waals surface area contributed by atoms with Gasteiger partial charge in [-0.1, -0.05) is 24.3 Å². The maximum absolute atomic E-state index is 14.9. The average Bonchev–Trinajstić information content (AvgIpc) is 3.28. The first-order valence-corrected chi connectivity index (χ1v) is 11.0. The zero-order valence-electron chi connectivity index (χ0n) is 19.2. The Morgan fingerprint density at radius 2 is 1.46 bits per heavy atom. The molecule has 39 heavy (non-hydrogen) atoms. The molecule has 3 aromatic rings. The lowest BCUT2D eigenvalue weighted by Gasteiger charge is -2.17. The molecule has 2 heterocycles. The molecular formula is C26H13F9N4. The van der Waals surface area contributed by atoms with Crippen LogP contribution in [0.3, 0.4) is 0 Å². The number of nitrogens with zero attached hydrogens (tertiary/aromatic N) is 4. The molecule has 0 amide bonds. The number of rotatable bonds is 4. The van der Waals surface area contributed by atoms with Crippen LogP contribution in [-0.2, 0) is 18.9 Å². The SMILES string of the molecule is Fc1cc(-c2ccc(C(F)(F)F)cc2C(F)(F)F)ccc1Cn1cc2nc(-c3cccc(F)c3F)nc-2cn1. The normalized spacial score (nSPS) is 12.3. The van der Waals surface area contributed by atoms with Gasteiger partial charge in [0.15, 0.2) is 17.5 Å². The topological polar surface area (TPSA) is 43.6 Å². The van der Waals surface area contributed by atoms with Gasteiger partial charge in [-0.25, -0.2) is 23.1 Å². The van der Waals surface area contributed by atoms with Crippen LogP contribution in [0.5, 0.6) is 0 Å². The van der Waals surface area contributed by atoms with E-state index in [9.17, 15) is 39.5 Å². The molecule has 0 N–H and O–H groups in total. The molecular weight excluding hydrogens is 539 g/mol. The molecule has 0 saturated heterocycles. The number of imidazole rings is 1. The lowest BCUT2D eigenvalue weighted by molar-refractivity contribution is -0.142. The lowest BCUT2D eigenvalue weighted by Crippen LogP contribution is -2.12. The van der Waals surface area contributed by atoms with Crippen molar-refractivity contribution in [3.8, 4) is 33.9 Å². The molecule has 0 radical (unpaired) electrons. The number of hydrogen-bond donors (Lipinski definition) is 0. The summed E-state index contributed by atoms with van der Waals surface area (Å²) in [5.41, 5.74) is -3.58. The maximum Gasteiger partial charge on any atom is 0.417 e. The maximum atomic E-state index is 14.9. The van der Waals surface area contributed by atoms with Crippen LogP contribution in [-0.4, -0.2) is 19.7 Å². The summed E-state index contributed by atoms with van der Waals surface area (Å²) in [6.07, 6.45) is -7.47. The summed E-state index contributed by atoms with van der Waals surface area (Å²) in [4.78, 5) is 8.28. The summed E-state index contributed by atoms with van der Waals surface area (Å²) in [7, 11) is 0. The van der Waals surface area contributed by atoms with E-state index in [2.05, 4.69) is 15.1 Å². The zero-order chi connectivity index (χ0) is 28.1. The van der Waals surface area contributed by atoms with Gasteiger partial charge in [0.05, 0.1) is 35.6 Å². The molecule has 0 spiro atoms. The van der Waals surface area contributed by atoms with E-state index in [-0.39, 0.29) is 46.5 Å². The third-order valence-electron chi connectivity index (χ3n) is 5.86. The van der Waals surface area contributed by atoms with E-state index in [1.165, 1.54) is 35.3 Å². The van der Waals surface area contributed by atoms with Crippen molar-refractivity contribution < 1.29 is 39.5 Å². The molecule has 0 unspecified atom stereocenters. The van der Waals surface area contributed by atoms with Gasteiger partial charge in [-0.3, -0.25) is 4.68 Å². The van der Waals surface area contributed by atoms with Gasteiger partial charge in [0.2, 0.25) is 0 Å². The highest BCUT2D eigenvalue weighted by atomic mass is 19.4. The minimum Gasteiger partial charge on any atom is -0.266 e. The standard InChI is InChI=1S/C26H13F9N4/c27-19-3-1-2-17(23(19)29)24-37-21-10-36-39(12-22(21)38-24)11-14-5-4-13(8-20(14)28)16-7-6-15(25(30,31)32)9-18(16)26(33,34)35/h1-10,12H,11H2. The molecule has 0 aliphatic carbocycles. The molecule has 3 aromatic carbocycles. The smallest absolute Gasteiger partial charge is 0.266 e. The molecule has 0 bridgehead atoms. The summed E-state index contributed by atoms with van der Waals surface area (Å²) in [6.45, 7) is -0.197. The monoisotopic (exact) mass is 552 g/mol. The Kier molecular flexibility index (Phi) is 6.31. The van der Waals surface area contributed by atoms with Crippen LogP contribution in [0.4, 0.5) is 39.5 Å². The molecule has 2 aliphatic heterocycles. The van der Waals surface area contributed by atoms with Crippen molar-refractivity contribution in [2.75, 3.05) is 0 Å². The molecule has 4 nitrogen and oxygen atoms in total. The predicted molar refractivity (Wildman–Crippen MR) is 121 cm³/mol. The molecule has 0 fully saturated rings. The second-order valence-electron chi connectivity index (χ2n) is 8.45. The minimum atomic E-state index is -5.12. The van der Waals surface area contributed by atoms with E-state index in [0.717, 1.165) is 18.2 Å². The third-order valence-corrected chi connectivity index (χ3v) is 5.86. The molecule has 0 saturated carbocycles. The first-order chi connectivity index (χ1) is 18.3. The van der Waals surface area contributed by atoms with Crippen LogP contribution in [0.15, 0.2) is 67.0 Å². The number of benzene rings is 3. The van der Waals surface area contributed by atoms with Gasteiger partial charge in [-0.2, -0.15) is 31.4 Å². The van der Waals surface area contributed by atoms with Gasteiger partial charge < -0.3 is 0 Å². The Balaban J connectivity index is 1.45. The molecule has 2 aliphatic rings. The number of fused-ring (bicyclic) bond motifs is 1.